The summed E-state index contributed by atoms with van der Waals surface area (Å²) in [5.74, 6) is 0. The second-order valence-electron chi connectivity index (χ2n) is 7.31. The zero-order valence-corrected chi connectivity index (χ0v) is 18.3. The van der Waals surface area contributed by atoms with Gasteiger partial charge in [-0.3, -0.25) is 4.98 Å². The number of hydrogen-bond donors (Lipinski definition) is 1. The van der Waals surface area contributed by atoms with Crippen molar-refractivity contribution in [2.24, 2.45) is 17.9 Å². The van der Waals surface area contributed by atoms with Gasteiger partial charge in [-0.05, 0) is 60.5 Å². The van der Waals surface area contributed by atoms with Crippen LogP contribution in [0.25, 0.3) is 22.3 Å². The fraction of sp³-hybridized carbons (Fsp3) is 0.174. The van der Waals surface area contributed by atoms with Crippen molar-refractivity contribution < 1.29 is 0 Å². The number of thiocarbonyl (C=S) groups is 1. The molecular formula is C23H23N7S. The van der Waals surface area contributed by atoms with Gasteiger partial charge in [-0.1, -0.05) is 12.1 Å². The molecule has 156 valence electrons. The Morgan fingerprint density at radius 1 is 1.16 bits per heavy atom. The van der Waals surface area contributed by atoms with Crippen LogP contribution >= 0.6 is 12.2 Å². The SMILES string of the molecule is CN(/N=C/c1cc(-c2cncn2C)nc2ccc(CCc3cccnc3)cc12)C(N)=S. The lowest BCUT2D eigenvalue weighted by molar-refractivity contribution is 0.552. The first-order chi connectivity index (χ1) is 15.0. The number of hydrogen-bond acceptors (Lipinski definition) is 5. The number of aryl methyl sites for hydroxylation is 3. The van der Waals surface area contributed by atoms with Gasteiger partial charge < -0.3 is 10.3 Å². The molecule has 0 spiro atoms. The van der Waals surface area contributed by atoms with E-state index in [1.165, 1.54) is 16.1 Å². The van der Waals surface area contributed by atoms with Crippen LogP contribution in [0.5, 0.6) is 0 Å². The molecule has 4 aromatic rings. The van der Waals surface area contributed by atoms with Crippen molar-refractivity contribution >= 4 is 34.4 Å². The number of hydrazone groups is 1. The molecular weight excluding hydrogens is 406 g/mol. The Labute approximate surface area is 186 Å². The van der Waals surface area contributed by atoms with Gasteiger partial charge in [0.15, 0.2) is 5.11 Å². The predicted molar refractivity (Wildman–Crippen MR) is 128 cm³/mol. The number of rotatable bonds is 6. The zero-order valence-electron chi connectivity index (χ0n) is 17.4. The van der Waals surface area contributed by atoms with E-state index < -0.39 is 0 Å². The summed E-state index contributed by atoms with van der Waals surface area (Å²) < 4.78 is 1.94. The number of imidazole rings is 1. The van der Waals surface area contributed by atoms with Crippen LogP contribution in [0, 0.1) is 0 Å². The van der Waals surface area contributed by atoms with Gasteiger partial charge in [-0.2, -0.15) is 5.10 Å². The molecule has 0 bridgehead atoms. The predicted octanol–water partition coefficient (Wildman–Crippen LogP) is 3.32. The van der Waals surface area contributed by atoms with Gasteiger partial charge in [0.05, 0.1) is 35.6 Å². The van der Waals surface area contributed by atoms with Gasteiger partial charge in [-0.25, -0.2) is 15.0 Å². The topological polar surface area (TPSA) is 85.2 Å². The van der Waals surface area contributed by atoms with Crippen molar-refractivity contribution in [2.75, 3.05) is 7.05 Å². The highest BCUT2D eigenvalue weighted by Crippen LogP contribution is 2.25. The van der Waals surface area contributed by atoms with E-state index >= 15 is 0 Å². The lowest BCUT2D eigenvalue weighted by atomic mass is 10.0. The summed E-state index contributed by atoms with van der Waals surface area (Å²) >= 11 is 5.00. The van der Waals surface area contributed by atoms with Gasteiger partial charge in [-0.15, -0.1) is 0 Å². The van der Waals surface area contributed by atoms with Gasteiger partial charge in [0.25, 0.3) is 0 Å². The van der Waals surface area contributed by atoms with E-state index in [1.54, 1.807) is 32.0 Å². The molecule has 0 aliphatic carbocycles. The Kier molecular flexibility index (Phi) is 5.99. The summed E-state index contributed by atoms with van der Waals surface area (Å²) in [5, 5.41) is 7.10. The lowest BCUT2D eigenvalue weighted by Gasteiger charge is -2.12. The van der Waals surface area contributed by atoms with E-state index in [0.29, 0.717) is 0 Å². The summed E-state index contributed by atoms with van der Waals surface area (Å²) in [5.41, 5.74) is 11.7. The van der Waals surface area contributed by atoms with Crippen molar-refractivity contribution in [3.63, 3.8) is 0 Å². The van der Waals surface area contributed by atoms with E-state index in [0.717, 1.165) is 40.7 Å². The van der Waals surface area contributed by atoms with Gasteiger partial charge >= 0.3 is 0 Å². The standard InChI is InChI=1S/C23H23N7S/c1-29-15-26-14-22(29)21-11-18(13-27-30(2)23(24)31)19-10-16(7-8-20(19)28-21)5-6-17-4-3-9-25-12-17/h3-4,7-15H,5-6H2,1-2H3,(H2,24,31)/b27-13+. The molecule has 0 unspecified atom stereocenters. The fourth-order valence-electron chi connectivity index (χ4n) is 3.34. The van der Waals surface area contributed by atoms with Crippen molar-refractivity contribution in [1.82, 2.24) is 24.5 Å². The van der Waals surface area contributed by atoms with Crippen LogP contribution in [0.4, 0.5) is 0 Å². The number of aromatic nitrogens is 4. The van der Waals surface area contributed by atoms with Crippen molar-refractivity contribution in [1.29, 1.82) is 0 Å². The number of fused-ring (bicyclic) bond motifs is 1. The van der Waals surface area contributed by atoms with Crippen LogP contribution < -0.4 is 5.73 Å². The van der Waals surface area contributed by atoms with Crippen molar-refractivity contribution in [3.05, 3.63) is 78.0 Å². The van der Waals surface area contributed by atoms with Crippen LogP contribution in [0.2, 0.25) is 0 Å². The average Bonchev–Trinajstić information content (AvgIpc) is 3.22. The van der Waals surface area contributed by atoms with Gasteiger partial charge in [0.1, 0.15) is 0 Å². The van der Waals surface area contributed by atoms with Crippen molar-refractivity contribution in [3.8, 4) is 11.4 Å². The number of nitrogens with two attached hydrogens (primary N) is 1. The molecule has 1 aromatic carbocycles. The minimum atomic E-state index is 0.207. The summed E-state index contributed by atoms with van der Waals surface area (Å²) in [6, 6.07) is 12.4. The summed E-state index contributed by atoms with van der Waals surface area (Å²) in [7, 11) is 3.67. The summed E-state index contributed by atoms with van der Waals surface area (Å²) in [6.07, 6.45) is 10.9. The van der Waals surface area contributed by atoms with E-state index in [4.69, 9.17) is 22.9 Å². The maximum Gasteiger partial charge on any atom is 0.186 e. The van der Waals surface area contributed by atoms with Gasteiger partial charge in [0, 0.05) is 37.4 Å². The van der Waals surface area contributed by atoms with E-state index in [9.17, 15) is 0 Å². The third-order valence-corrected chi connectivity index (χ3v) is 5.36. The molecule has 0 aliphatic rings. The maximum absolute atomic E-state index is 5.67. The Balaban J connectivity index is 1.74. The molecule has 7 nitrogen and oxygen atoms in total. The Hall–Kier alpha value is -3.65. The monoisotopic (exact) mass is 429 g/mol. The first-order valence-electron chi connectivity index (χ1n) is 9.87. The van der Waals surface area contributed by atoms with Crippen molar-refractivity contribution in [2.45, 2.75) is 12.8 Å². The second-order valence-corrected chi connectivity index (χ2v) is 7.72. The highest BCUT2D eigenvalue weighted by molar-refractivity contribution is 7.80. The summed E-state index contributed by atoms with van der Waals surface area (Å²) in [6.45, 7) is 0. The Morgan fingerprint density at radius 3 is 2.71 bits per heavy atom. The third-order valence-electron chi connectivity index (χ3n) is 5.10. The summed E-state index contributed by atoms with van der Waals surface area (Å²) in [4.78, 5) is 13.3. The smallest absolute Gasteiger partial charge is 0.186 e. The molecule has 8 heteroatoms. The number of benzene rings is 1. The van der Waals surface area contributed by atoms with Crippen LogP contribution in [0.3, 0.4) is 0 Å². The van der Waals surface area contributed by atoms with Crippen LogP contribution in [0.15, 0.2) is 66.4 Å². The van der Waals surface area contributed by atoms with E-state index in [-0.39, 0.29) is 5.11 Å². The van der Waals surface area contributed by atoms with Gasteiger partial charge in [0.2, 0.25) is 0 Å². The maximum atomic E-state index is 5.67. The minimum Gasteiger partial charge on any atom is -0.375 e. The molecule has 3 heterocycles. The molecule has 0 atom stereocenters. The molecule has 3 aromatic heterocycles. The Bertz CT molecular complexity index is 1250. The highest BCUT2D eigenvalue weighted by atomic mass is 32.1. The second kappa shape index (κ2) is 9.01. The minimum absolute atomic E-state index is 0.207. The largest absolute Gasteiger partial charge is 0.375 e. The molecule has 31 heavy (non-hydrogen) atoms. The normalized spacial score (nSPS) is 11.3. The molecule has 0 saturated heterocycles. The number of pyridine rings is 2. The fourth-order valence-corrected chi connectivity index (χ4v) is 3.38. The van der Waals surface area contributed by atoms with E-state index in [1.807, 2.05) is 29.9 Å². The quantitative estimate of drug-likeness (QED) is 0.287. The first kappa shape index (κ1) is 20.6. The molecule has 2 N–H and O–H groups in total. The highest BCUT2D eigenvalue weighted by Gasteiger charge is 2.11. The molecule has 0 fully saturated rings. The number of nitrogens with zero attached hydrogens (tertiary/aromatic N) is 6. The van der Waals surface area contributed by atoms with Crippen LogP contribution in [0.1, 0.15) is 16.7 Å². The lowest BCUT2D eigenvalue weighted by Crippen LogP contribution is -2.27. The first-order valence-corrected chi connectivity index (χ1v) is 10.3. The zero-order chi connectivity index (χ0) is 21.8. The molecule has 0 amide bonds. The van der Waals surface area contributed by atoms with Crippen LogP contribution in [-0.2, 0) is 19.9 Å². The molecule has 0 saturated carbocycles. The average molecular weight is 430 g/mol. The van der Waals surface area contributed by atoms with Crippen LogP contribution in [-0.4, -0.2) is 42.9 Å². The Morgan fingerprint density at radius 2 is 2.00 bits per heavy atom. The molecule has 0 aliphatic heterocycles. The van der Waals surface area contributed by atoms with E-state index in [2.05, 4.69) is 39.3 Å². The third kappa shape index (κ3) is 4.75. The molecule has 0 radical (unpaired) electrons. The molecule has 4 rings (SSSR count).